The Hall–Kier alpha value is -2.07. The Morgan fingerprint density at radius 2 is 1.75 bits per heavy atom. The Kier molecular flexibility index (Phi) is 3.95. The van der Waals surface area contributed by atoms with Crippen LogP contribution in [0, 0.1) is 11.3 Å². The summed E-state index contributed by atoms with van der Waals surface area (Å²) >= 11 is 3.25. The summed E-state index contributed by atoms with van der Waals surface area (Å²) < 4.78 is 38.7. The van der Waals surface area contributed by atoms with Crippen molar-refractivity contribution in [1.82, 2.24) is 4.98 Å². The second kappa shape index (κ2) is 5.51. The van der Waals surface area contributed by atoms with Crippen molar-refractivity contribution in [1.29, 1.82) is 5.26 Å². The van der Waals surface area contributed by atoms with E-state index in [0.29, 0.717) is 5.69 Å². The molecule has 0 aliphatic heterocycles. The van der Waals surface area contributed by atoms with E-state index in [1.165, 1.54) is 0 Å². The van der Waals surface area contributed by atoms with Crippen LogP contribution in [0.1, 0.15) is 11.3 Å². The predicted octanol–water partition coefficient (Wildman–Crippen LogP) is 4.48. The molecule has 1 aromatic carbocycles. The summed E-state index contributed by atoms with van der Waals surface area (Å²) in [5.41, 5.74) is -0.464. The first-order valence-electron chi connectivity index (χ1n) is 5.41. The third kappa shape index (κ3) is 3.27. The fourth-order valence-corrected chi connectivity index (χ4v) is 1.74. The fourth-order valence-electron chi connectivity index (χ4n) is 1.47. The third-order valence-corrected chi connectivity index (χ3v) is 2.94. The maximum Gasteiger partial charge on any atom is 0.433 e. The first kappa shape index (κ1) is 14.3. The summed E-state index contributed by atoms with van der Waals surface area (Å²) in [4.78, 5) is 3.46. The van der Waals surface area contributed by atoms with Gasteiger partial charge < -0.3 is 5.32 Å². The molecule has 20 heavy (non-hydrogen) atoms. The largest absolute Gasteiger partial charge is 0.433 e. The van der Waals surface area contributed by atoms with Gasteiger partial charge in [0.1, 0.15) is 17.6 Å². The number of anilines is 2. The molecule has 0 aliphatic carbocycles. The van der Waals surface area contributed by atoms with Gasteiger partial charge in [-0.3, -0.25) is 0 Å². The lowest BCUT2D eigenvalue weighted by Gasteiger charge is -2.11. The van der Waals surface area contributed by atoms with E-state index in [9.17, 15) is 13.2 Å². The zero-order valence-electron chi connectivity index (χ0n) is 9.87. The molecular formula is C13H7BrF3N3. The normalized spacial score (nSPS) is 10.9. The van der Waals surface area contributed by atoms with Crippen LogP contribution < -0.4 is 5.32 Å². The number of alkyl halides is 3. The molecule has 0 amide bonds. The van der Waals surface area contributed by atoms with Crippen molar-refractivity contribution in [3.8, 4) is 6.07 Å². The molecule has 2 rings (SSSR count). The van der Waals surface area contributed by atoms with E-state index in [2.05, 4.69) is 26.2 Å². The number of rotatable bonds is 2. The zero-order chi connectivity index (χ0) is 14.8. The van der Waals surface area contributed by atoms with Gasteiger partial charge in [0.25, 0.3) is 0 Å². The molecule has 2 aromatic rings. The van der Waals surface area contributed by atoms with Gasteiger partial charge in [0.2, 0.25) is 0 Å². The molecule has 0 bridgehead atoms. The maximum absolute atomic E-state index is 12.6. The minimum absolute atomic E-state index is 0.0425. The van der Waals surface area contributed by atoms with Crippen molar-refractivity contribution < 1.29 is 13.2 Å². The zero-order valence-corrected chi connectivity index (χ0v) is 11.5. The monoisotopic (exact) mass is 341 g/mol. The topological polar surface area (TPSA) is 48.7 Å². The summed E-state index contributed by atoms with van der Waals surface area (Å²) in [6.45, 7) is 0. The first-order chi connectivity index (χ1) is 9.40. The molecule has 0 aliphatic rings. The van der Waals surface area contributed by atoms with E-state index in [-0.39, 0.29) is 11.4 Å². The van der Waals surface area contributed by atoms with Crippen molar-refractivity contribution in [3.63, 3.8) is 0 Å². The Morgan fingerprint density at radius 1 is 1.10 bits per heavy atom. The van der Waals surface area contributed by atoms with Crippen LogP contribution in [-0.2, 0) is 6.18 Å². The van der Waals surface area contributed by atoms with E-state index in [4.69, 9.17) is 5.26 Å². The van der Waals surface area contributed by atoms with Crippen LogP contribution in [0.4, 0.5) is 24.7 Å². The van der Waals surface area contributed by atoms with E-state index in [1.807, 2.05) is 0 Å². The number of hydrogen-bond donors (Lipinski definition) is 1. The number of hydrogen-bond acceptors (Lipinski definition) is 3. The predicted molar refractivity (Wildman–Crippen MR) is 71.4 cm³/mol. The van der Waals surface area contributed by atoms with E-state index < -0.39 is 11.9 Å². The minimum atomic E-state index is -4.55. The fraction of sp³-hybridized carbons (Fsp3) is 0.0769. The number of aromatic nitrogens is 1. The van der Waals surface area contributed by atoms with Crippen molar-refractivity contribution in [3.05, 3.63) is 52.1 Å². The number of nitrogens with one attached hydrogen (secondary N) is 1. The van der Waals surface area contributed by atoms with Crippen molar-refractivity contribution >= 4 is 27.4 Å². The molecule has 0 atom stereocenters. The highest BCUT2D eigenvalue weighted by molar-refractivity contribution is 9.10. The smallest absolute Gasteiger partial charge is 0.339 e. The molecular weight excluding hydrogens is 335 g/mol. The Morgan fingerprint density at radius 3 is 2.30 bits per heavy atom. The summed E-state index contributed by atoms with van der Waals surface area (Å²) in [7, 11) is 0. The number of nitrogens with zero attached hydrogens (tertiary/aromatic N) is 2. The molecule has 1 N–H and O–H groups in total. The summed E-state index contributed by atoms with van der Waals surface area (Å²) in [5, 5.41) is 11.6. The lowest BCUT2D eigenvalue weighted by atomic mass is 10.2. The van der Waals surface area contributed by atoms with Crippen LogP contribution in [0.2, 0.25) is 0 Å². The molecule has 0 unspecified atom stereocenters. The SMILES string of the molecule is N#Cc1ccc(C(F)(F)F)nc1Nc1ccc(Br)cc1. The molecule has 3 nitrogen and oxygen atoms in total. The minimum Gasteiger partial charge on any atom is -0.339 e. The van der Waals surface area contributed by atoms with Gasteiger partial charge in [0, 0.05) is 10.2 Å². The molecule has 0 saturated carbocycles. The van der Waals surface area contributed by atoms with Gasteiger partial charge >= 0.3 is 6.18 Å². The first-order valence-corrected chi connectivity index (χ1v) is 6.20. The summed E-state index contributed by atoms with van der Waals surface area (Å²) in [6, 6.07) is 10.4. The molecule has 0 saturated heterocycles. The van der Waals surface area contributed by atoms with Crippen molar-refractivity contribution in [2.24, 2.45) is 0 Å². The maximum atomic E-state index is 12.6. The molecule has 1 aromatic heterocycles. The Labute approximate surface area is 121 Å². The highest BCUT2D eigenvalue weighted by atomic mass is 79.9. The van der Waals surface area contributed by atoms with Gasteiger partial charge in [-0.1, -0.05) is 15.9 Å². The standard InChI is InChI=1S/C13H7BrF3N3/c14-9-2-4-10(5-3-9)19-12-8(7-18)1-6-11(20-12)13(15,16)17/h1-6H,(H,19,20). The van der Waals surface area contributed by atoms with Crippen LogP contribution in [-0.4, -0.2) is 4.98 Å². The highest BCUT2D eigenvalue weighted by Crippen LogP contribution is 2.30. The molecule has 102 valence electrons. The van der Waals surface area contributed by atoms with Gasteiger partial charge in [-0.15, -0.1) is 0 Å². The second-order valence-electron chi connectivity index (χ2n) is 3.83. The van der Waals surface area contributed by atoms with Gasteiger partial charge in [-0.2, -0.15) is 18.4 Å². The van der Waals surface area contributed by atoms with Gasteiger partial charge in [-0.25, -0.2) is 4.98 Å². The molecule has 7 heteroatoms. The third-order valence-electron chi connectivity index (χ3n) is 2.41. The highest BCUT2D eigenvalue weighted by Gasteiger charge is 2.33. The average molecular weight is 342 g/mol. The van der Waals surface area contributed by atoms with Gasteiger partial charge in [-0.05, 0) is 36.4 Å². The van der Waals surface area contributed by atoms with Crippen LogP contribution in [0.25, 0.3) is 0 Å². The molecule has 0 radical (unpaired) electrons. The summed E-state index contributed by atoms with van der Waals surface area (Å²) in [6.07, 6.45) is -4.55. The Balaban J connectivity index is 2.39. The molecule has 0 fully saturated rings. The number of pyridine rings is 1. The number of benzene rings is 1. The van der Waals surface area contributed by atoms with Crippen molar-refractivity contribution in [2.75, 3.05) is 5.32 Å². The van der Waals surface area contributed by atoms with Crippen LogP contribution in [0.3, 0.4) is 0 Å². The number of nitriles is 1. The second-order valence-corrected chi connectivity index (χ2v) is 4.75. The Bertz CT molecular complexity index is 660. The average Bonchev–Trinajstić information content (AvgIpc) is 2.40. The van der Waals surface area contributed by atoms with Crippen molar-refractivity contribution in [2.45, 2.75) is 6.18 Å². The van der Waals surface area contributed by atoms with E-state index in [0.717, 1.165) is 16.6 Å². The summed E-state index contributed by atoms with van der Waals surface area (Å²) in [5.74, 6) is -0.121. The van der Waals surface area contributed by atoms with Gasteiger partial charge in [0.05, 0.1) is 5.56 Å². The molecule has 1 heterocycles. The van der Waals surface area contributed by atoms with Crippen LogP contribution in [0.5, 0.6) is 0 Å². The quantitative estimate of drug-likeness (QED) is 0.876. The lowest BCUT2D eigenvalue weighted by Crippen LogP contribution is -2.10. The number of halogens is 4. The lowest BCUT2D eigenvalue weighted by molar-refractivity contribution is -0.141. The van der Waals surface area contributed by atoms with Gasteiger partial charge in [0.15, 0.2) is 0 Å². The van der Waals surface area contributed by atoms with Crippen LogP contribution >= 0.6 is 15.9 Å². The van der Waals surface area contributed by atoms with Crippen LogP contribution in [0.15, 0.2) is 40.9 Å². The van der Waals surface area contributed by atoms with E-state index in [1.54, 1.807) is 30.3 Å². The molecule has 0 spiro atoms. The van der Waals surface area contributed by atoms with E-state index >= 15 is 0 Å².